The highest BCUT2D eigenvalue weighted by molar-refractivity contribution is 6.24. The molecule has 0 amide bonds. The van der Waals surface area contributed by atoms with E-state index in [-0.39, 0.29) is 5.78 Å². The molecule has 90 valence electrons. The first kappa shape index (κ1) is 10.5. The Labute approximate surface area is 110 Å². The smallest absolute Gasteiger partial charge is 0.159 e. The van der Waals surface area contributed by atoms with Gasteiger partial charge in [-0.15, -0.1) is 0 Å². The molecule has 0 aromatic heterocycles. The SMILES string of the molecule is CC(=O)c1cc2ccc3cccc4ccc(c1)c2c34. The van der Waals surface area contributed by atoms with Gasteiger partial charge in [-0.1, -0.05) is 42.5 Å². The third-order valence-electron chi connectivity index (χ3n) is 3.87. The summed E-state index contributed by atoms with van der Waals surface area (Å²) in [7, 11) is 0. The average molecular weight is 244 g/mol. The monoisotopic (exact) mass is 244 g/mol. The topological polar surface area (TPSA) is 17.1 Å². The van der Waals surface area contributed by atoms with Crippen molar-refractivity contribution in [3.8, 4) is 0 Å². The van der Waals surface area contributed by atoms with Gasteiger partial charge < -0.3 is 0 Å². The first-order valence-corrected chi connectivity index (χ1v) is 6.42. The van der Waals surface area contributed by atoms with E-state index >= 15 is 0 Å². The zero-order valence-electron chi connectivity index (χ0n) is 10.6. The highest BCUT2D eigenvalue weighted by atomic mass is 16.1. The van der Waals surface area contributed by atoms with Crippen molar-refractivity contribution in [3.63, 3.8) is 0 Å². The van der Waals surface area contributed by atoms with Crippen LogP contribution >= 0.6 is 0 Å². The number of carbonyl (C=O) groups is 1. The summed E-state index contributed by atoms with van der Waals surface area (Å²) >= 11 is 0. The van der Waals surface area contributed by atoms with Gasteiger partial charge in [-0.2, -0.15) is 0 Å². The molecule has 0 fully saturated rings. The molecule has 4 aromatic carbocycles. The van der Waals surface area contributed by atoms with Gasteiger partial charge in [0.2, 0.25) is 0 Å². The van der Waals surface area contributed by atoms with Gasteiger partial charge in [-0.25, -0.2) is 0 Å². The largest absolute Gasteiger partial charge is 0.295 e. The Hall–Kier alpha value is -2.41. The molecule has 0 saturated heterocycles. The lowest BCUT2D eigenvalue weighted by Gasteiger charge is -2.11. The summed E-state index contributed by atoms with van der Waals surface area (Å²) in [6.07, 6.45) is 0. The molecule has 0 unspecified atom stereocenters. The Kier molecular flexibility index (Phi) is 1.96. The normalized spacial score (nSPS) is 11.6. The van der Waals surface area contributed by atoms with Gasteiger partial charge >= 0.3 is 0 Å². The summed E-state index contributed by atoms with van der Waals surface area (Å²) in [5.41, 5.74) is 0.783. The molecular formula is C18H12O. The van der Waals surface area contributed by atoms with E-state index in [1.807, 2.05) is 12.1 Å². The lowest BCUT2D eigenvalue weighted by atomic mass is 9.92. The Morgan fingerprint density at radius 3 is 1.74 bits per heavy atom. The van der Waals surface area contributed by atoms with Crippen molar-refractivity contribution in [1.82, 2.24) is 0 Å². The summed E-state index contributed by atoms with van der Waals surface area (Å²) < 4.78 is 0. The van der Waals surface area contributed by atoms with E-state index in [9.17, 15) is 4.79 Å². The van der Waals surface area contributed by atoms with Crippen LogP contribution in [0, 0.1) is 0 Å². The van der Waals surface area contributed by atoms with Gasteiger partial charge in [-0.3, -0.25) is 4.79 Å². The van der Waals surface area contributed by atoms with Crippen molar-refractivity contribution in [3.05, 3.63) is 60.2 Å². The van der Waals surface area contributed by atoms with Crippen molar-refractivity contribution in [2.24, 2.45) is 0 Å². The van der Waals surface area contributed by atoms with Crippen molar-refractivity contribution in [2.75, 3.05) is 0 Å². The van der Waals surface area contributed by atoms with Gasteiger partial charge in [0.25, 0.3) is 0 Å². The van der Waals surface area contributed by atoms with Crippen molar-refractivity contribution < 1.29 is 4.79 Å². The van der Waals surface area contributed by atoms with Gasteiger partial charge in [0.05, 0.1) is 0 Å². The minimum Gasteiger partial charge on any atom is -0.295 e. The van der Waals surface area contributed by atoms with Gasteiger partial charge in [0, 0.05) is 5.56 Å². The molecule has 0 aliphatic heterocycles. The summed E-state index contributed by atoms with van der Waals surface area (Å²) in [5, 5.41) is 7.37. The summed E-state index contributed by atoms with van der Waals surface area (Å²) in [6, 6.07) is 18.8. The van der Waals surface area contributed by atoms with E-state index in [4.69, 9.17) is 0 Å². The van der Waals surface area contributed by atoms with Crippen LogP contribution in [0.25, 0.3) is 32.3 Å². The molecule has 0 bridgehead atoms. The predicted octanol–water partition coefficient (Wildman–Crippen LogP) is 4.79. The molecule has 4 aromatic rings. The van der Waals surface area contributed by atoms with E-state index in [0.29, 0.717) is 0 Å². The second kappa shape index (κ2) is 3.55. The maximum Gasteiger partial charge on any atom is 0.159 e. The first-order chi connectivity index (χ1) is 9.24. The number of carbonyl (C=O) groups excluding carboxylic acids is 1. The molecule has 0 aliphatic rings. The lowest BCUT2D eigenvalue weighted by Crippen LogP contribution is -1.93. The van der Waals surface area contributed by atoms with Crippen LogP contribution in [0.5, 0.6) is 0 Å². The van der Waals surface area contributed by atoms with E-state index in [2.05, 4.69) is 42.5 Å². The molecule has 0 saturated carbocycles. The minimum absolute atomic E-state index is 0.116. The molecule has 1 nitrogen and oxygen atoms in total. The number of hydrogen-bond acceptors (Lipinski definition) is 1. The van der Waals surface area contributed by atoms with Gasteiger partial charge in [0.1, 0.15) is 0 Å². The fourth-order valence-electron chi connectivity index (χ4n) is 2.96. The quantitative estimate of drug-likeness (QED) is 0.347. The second-order valence-corrected chi connectivity index (χ2v) is 5.06. The van der Waals surface area contributed by atoms with Crippen LogP contribution in [0.2, 0.25) is 0 Å². The highest BCUT2D eigenvalue weighted by Crippen LogP contribution is 2.34. The summed E-state index contributed by atoms with van der Waals surface area (Å²) in [6.45, 7) is 1.62. The number of Topliss-reactive ketones (excluding diaryl/α,β-unsaturated/α-hetero) is 1. The highest BCUT2D eigenvalue weighted by Gasteiger charge is 2.10. The van der Waals surface area contributed by atoms with Crippen LogP contribution in [-0.2, 0) is 0 Å². The maximum absolute atomic E-state index is 11.6. The molecule has 0 spiro atoms. The molecular weight excluding hydrogens is 232 g/mol. The van der Waals surface area contributed by atoms with Gasteiger partial charge in [0.15, 0.2) is 5.78 Å². The number of benzene rings is 4. The van der Waals surface area contributed by atoms with E-state index in [1.54, 1.807) is 6.92 Å². The van der Waals surface area contributed by atoms with Crippen LogP contribution in [0.1, 0.15) is 17.3 Å². The lowest BCUT2D eigenvalue weighted by molar-refractivity contribution is 0.101. The number of rotatable bonds is 1. The van der Waals surface area contributed by atoms with Crippen LogP contribution in [0.4, 0.5) is 0 Å². The molecule has 0 N–H and O–H groups in total. The number of ketones is 1. The van der Waals surface area contributed by atoms with Crippen molar-refractivity contribution in [2.45, 2.75) is 6.92 Å². The Bertz CT molecular complexity index is 870. The Balaban J connectivity index is 2.32. The average Bonchev–Trinajstić information content (AvgIpc) is 2.44. The van der Waals surface area contributed by atoms with Crippen molar-refractivity contribution >= 4 is 38.1 Å². The molecule has 1 heteroatoms. The molecule has 0 aliphatic carbocycles. The van der Waals surface area contributed by atoms with E-state index in [1.165, 1.54) is 21.5 Å². The van der Waals surface area contributed by atoms with Gasteiger partial charge in [-0.05, 0) is 51.4 Å². The Morgan fingerprint density at radius 1 is 0.737 bits per heavy atom. The zero-order chi connectivity index (χ0) is 13.0. The molecule has 4 rings (SSSR count). The molecule has 19 heavy (non-hydrogen) atoms. The second-order valence-electron chi connectivity index (χ2n) is 5.06. The maximum atomic E-state index is 11.6. The fraction of sp³-hybridized carbons (Fsp3) is 0.0556. The van der Waals surface area contributed by atoms with Crippen LogP contribution in [0.3, 0.4) is 0 Å². The Morgan fingerprint density at radius 2 is 1.21 bits per heavy atom. The summed E-state index contributed by atoms with van der Waals surface area (Å²) in [5.74, 6) is 0.116. The minimum atomic E-state index is 0.116. The van der Waals surface area contributed by atoms with Crippen molar-refractivity contribution in [1.29, 1.82) is 0 Å². The third kappa shape index (κ3) is 1.39. The van der Waals surface area contributed by atoms with Crippen LogP contribution < -0.4 is 0 Å². The summed E-state index contributed by atoms with van der Waals surface area (Å²) in [4.78, 5) is 11.6. The van der Waals surface area contributed by atoms with E-state index < -0.39 is 0 Å². The molecule has 0 atom stereocenters. The molecule has 0 radical (unpaired) electrons. The van der Waals surface area contributed by atoms with Crippen LogP contribution in [-0.4, -0.2) is 5.78 Å². The van der Waals surface area contributed by atoms with E-state index in [0.717, 1.165) is 16.3 Å². The fourth-order valence-corrected chi connectivity index (χ4v) is 2.96. The standard InChI is InChI=1S/C18H12O/c1-11(19)16-9-14-7-5-12-3-2-4-13-6-8-15(10-16)18(14)17(12)13/h2-10H,1H3. The third-order valence-corrected chi connectivity index (χ3v) is 3.87. The van der Waals surface area contributed by atoms with Crippen LogP contribution in [0.15, 0.2) is 54.6 Å². The number of hydrogen-bond donors (Lipinski definition) is 0. The predicted molar refractivity (Wildman–Crippen MR) is 80.2 cm³/mol. The first-order valence-electron chi connectivity index (χ1n) is 6.42. The molecule has 0 heterocycles. The zero-order valence-corrected chi connectivity index (χ0v) is 10.6.